The summed E-state index contributed by atoms with van der Waals surface area (Å²) in [5.41, 5.74) is -4.04. The number of hydrogen-bond acceptors (Lipinski definition) is 6. The first kappa shape index (κ1) is 34.7. The second kappa shape index (κ2) is 11.7. The lowest BCUT2D eigenvalue weighted by Crippen LogP contribution is -2.60. The van der Waals surface area contributed by atoms with Gasteiger partial charge in [0.2, 0.25) is 11.8 Å². The van der Waals surface area contributed by atoms with Gasteiger partial charge >= 0.3 is 12.4 Å². The molecular weight excluding hydrogens is 761 g/mol. The van der Waals surface area contributed by atoms with Gasteiger partial charge in [-0.15, -0.1) is 23.2 Å². The molecule has 2 aromatic carbocycles. The number of aliphatic hydroxyl groups is 1. The van der Waals surface area contributed by atoms with Gasteiger partial charge in [-0.3, -0.25) is 24.1 Å². The highest BCUT2D eigenvalue weighted by molar-refractivity contribution is 9.09. The van der Waals surface area contributed by atoms with Crippen LogP contribution in [0.2, 0.25) is 0 Å². The van der Waals surface area contributed by atoms with Crippen LogP contribution in [0.5, 0.6) is 5.75 Å². The number of alkyl halides is 9. The molecule has 2 aromatic rings. The topological polar surface area (TPSA) is 104 Å². The molecule has 2 saturated heterocycles. The number of hydrogen-bond donors (Lipinski definition) is 1. The zero-order chi connectivity index (χ0) is 35.1. The summed E-state index contributed by atoms with van der Waals surface area (Å²) in [6, 6.07) is 6.76. The maximum atomic E-state index is 14.1. The van der Waals surface area contributed by atoms with Gasteiger partial charge < -0.3 is 9.84 Å². The van der Waals surface area contributed by atoms with Crippen LogP contribution in [0, 0.1) is 17.8 Å². The summed E-state index contributed by atoms with van der Waals surface area (Å²) >= 11 is 17.4. The van der Waals surface area contributed by atoms with E-state index in [2.05, 4.69) is 15.9 Å². The minimum absolute atomic E-state index is 0.112. The Labute approximate surface area is 286 Å². The molecule has 2 heterocycles. The molecule has 48 heavy (non-hydrogen) atoms. The van der Waals surface area contributed by atoms with Gasteiger partial charge in [0.15, 0.2) is 9.75 Å². The van der Waals surface area contributed by atoms with E-state index >= 15 is 0 Å². The molecule has 1 N–H and O–H groups in total. The molecule has 6 atom stereocenters. The monoisotopic (exact) mass is 782 g/mol. The van der Waals surface area contributed by atoms with Gasteiger partial charge in [0, 0.05) is 11.5 Å². The van der Waals surface area contributed by atoms with Crippen LogP contribution in [0.25, 0.3) is 0 Å². The second-order valence-electron chi connectivity index (χ2n) is 11.9. The molecule has 0 unspecified atom stereocenters. The maximum Gasteiger partial charge on any atom is 0.416 e. The number of aliphatic hydroxyl groups excluding tert-OH is 1. The zero-order valence-electron chi connectivity index (χ0n) is 24.2. The summed E-state index contributed by atoms with van der Waals surface area (Å²) in [6.07, 6.45) is -9.58. The summed E-state index contributed by atoms with van der Waals surface area (Å²) in [4.78, 5) is 52.3. The fourth-order valence-electron chi connectivity index (χ4n) is 7.43. The largest absolute Gasteiger partial charge is 0.491 e. The molecule has 2 aliphatic heterocycles. The van der Waals surface area contributed by atoms with Gasteiger partial charge in [0.05, 0.1) is 40.7 Å². The van der Waals surface area contributed by atoms with Crippen LogP contribution < -0.4 is 9.64 Å². The summed E-state index contributed by atoms with van der Waals surface area (Å²) in [7, 11) is 0. The highest BCUT2D eigenvalue weighted by atomic mass is 79.9. The second-order valence-corrected chi connectivity index (χ2v) is 13.6. The number of para-hydroxylation sites is 1. The van der Waals surface area contributed by atoms with Crippen LogP contribution in [-0.4, -0.2) is 62.1 Å². The van der Waals surface area contributed by atoms with Crippen molar-refractivity contribution < 1.29 is 55.4 Å². The molecule has 0 bridgehead atoms. The molecule has 2 aliphatic carbocycles. The summed E-state index contributed by atoms with van der Waals surface area (Å²) in [5, 5.41) is 9.41. The number of halogens is 9. The average Bonchev–Trinajstić information content (AvgIpc) is 3.36. The van der Waals surface area contributed by atoms with Crippen molar-refractivity contribution >= 4 is 68.4 Å². The van der Waals surface area contributed by atoms with Crippen molar-refractivity contribution in [2.75, 3.05) is 23.6 Å². The van der Waals surface area contributed by atoms with Gasteiger partial charge in [-0.2, -0.15) is 26.3 Å². The first-order valence-electron chi connectivity index (χ1n) is 14.4. The van der Waals surface area contributed by atoms with Crippen LogP contribution >= 0.6 is 39.1 Å². The number of carbonyl (C=O) groups is 4. The molecule has 17 heteroatoms. The van der Waals surface area contributed by atoms with E-state index in [1.54, 1.807) is 24.3 Å². The Morgan fingerprint density at radius 3 is 2.12 bits per heavy atom. The van der Waals surface area contributed by atoms with Crippen molar-refractivity contribution in [3.8, 4) is 5.75 Å². The molecule has 1 saturated carbocycles. The van der Waals surface area contributed by atoms with E-state index < -0.39 is 92.6 Å². The van der Waals surface area contributed by atoms with Crippen molar-refractivity contribution in [1.82, 2.24) is 4.90 Å². The third kappa shape index (κ3) is 4.98. The number of ether oxygens (including phenoxy) is 1. The van der Waals surface area contributed by atoms with Gasteiger partial charge in [-0.05, 0) is 43.0 Å². The molecule has 4 amide bonds. The van der Waals surface area contributed by atoms with Gasteiger partial charge in [0.1, 0.15) is 12.4 Å². The van der Waals surface area contributed by atoms with Crippen LogP contribution in [-0.2, 0) is 31.5 Å². The number of likely N-dealkylation sites (tertiary alicyclic amines) is 1. The van der Waals surface area contributed by atoms with Crippen molar-refractivity contribution in [3.05, 3.63) is 70.8 Å². The van der Waals surface area contributed by atoms with E-state index in [1.807, 2.05) is 0 Å². The Bertz CT molecular complexity index is 1740. The van der Waals surface area contributed by atoms with Gasteiger partial charge in [0.25, 0.3) is 11.8 Å². The Morgan fingerprint density at radius 2 is 1.54 bits per heavy atom. The van der Waals surface area contributed by atoms with E-state index in [0.717, 1.165) is 4.90 Å². The molecule has 0 aromatic heterocycles. The normalized spacial score (nSPS) is 30.3. The molecule has 4 aliphatic rings. The standard InChI is InChI=1S/C31H23BrCl2F6N2O6/c32-13-41-26(46)28(33)12-20-17(23(29(28,34)27(41)47)18-3-1-2-4-21(18)48-8-7-43)5-6-19-22(20)25(45)42(24(19)44)16-10-14(30(35,36)37)9-15(11-16)31(38,39)40/h1-5,9-11,19-20,22-23,43H,6-8,12-13H2/t19-,20+,22-,23+,28+,29-/m0/s1. The number of nitrogens with zero attached hydrogens (tertiary/aromatic N) is 2. The lowest BCUT2D eigenvalue weighted by atomic mass is 9.56. The van der Waals surface area contributed by atoms with E-state index in [-0.39, 0.29) is 42.5 Å². The smallest absolute Gasteiger partial charge is 0.416 e. The van der Waals surface area contributed by atoms with Crippen molar-refractivity contribution in [2.45, 2.75) is 40.9 Å². The molecule has 0 spiro atoms. The molecular formula is C31H23BrCl2F6N2O6. The fourth-order valence-corrected chi connectivity index (χ4v) is 8.84. The summed E-state index contributed by atoms with van der Waals surface area (Å²) in [6.45, 7) is -0.552. The zero-order valence-corrected chi connectivity index (χ0v) is 27.3. The number of rotatable bonds is 6. The Balaban J connectivity index is 1.51. The van der Waals surface area contributed by atoms with E-state index in [0.29, 0.717) is 22.6 Å². The third-order valence-corrected chi connectivity index (χ3v) is 11.3. The highest BCUT2D eigenvalue weighted by Gasteiger charge is 2.76. The Morgan fingerprint density at radius 1 is 0.917 bits per heavy atom. The highest BCUT2D eigenvalue weighted by Crippen LogP contribution is 2.66. The fraction of sp³-hybridized carbons (Fsp3) is 0.419. The average molecular weight is 784 g/mol. The number of imide groups is 2. The van der Waals surface area contributed by atoms with Crippen LogP contribution in [0.4, 0.5) is 32.0 Å². The summed E-state index contributed by atoms with van der Waals surface area (Å²) in [5.74, 6) is -8.70. The number of carbonyl (C=O) groups excluding carboxylic acids is 4. The Kier molecular flexibility index (Phi) is 8.49. The quantitative estimate of drug-likeness (QED) is 0.127. The minimum atomic E-state index is -5.24. The first-order valence-corrected chi connectivity index (χ1v) is 16.3. The van der Waals surface area contributed by atoms with Crippen LogP contribution in [0.3, 0.4) is 0 Å². The predicted molar refractivity (Wildman–Crippen MR) is 161 cm³/mol. The summed E-state index contributed by atoms with van der Waals surface area (Å²) < 4.78 is 87.9. The molecule has 3 fully saturated rings. The molecule has 8 nitrogen and oxygen atoms in total. The van der Waals surface area contributed by atoms with Crippen LogP contribution in [0.1, 0.15) is 35.4 Å². The lowest BCUT2D eigenvalue weighted by Gasteiger charge is -2.51. The SMILES string of the molecule is O=C1[C@H]2[C@H](CC=C3[C@H]2C[C@@]2(Cl)C(=O)N(CBr)C(=O)[C@@]2(Cl)[C@H]3c2ccccc2OCCO)C(=O)N1c1cc(C(F)(F)F)cc(C(F)(F)F)c1. The van der Waals surface area contributed by atoms with Crippen LogP contribution in [0.15, 0.2) is 54.1 Å². The lowest BCUT2D eigenvalue weighted by molar-refractivity contribution is -0.143. The van der Waals surface area contributed by atoms with E-state index in [4.69, 9.17) is 27.9 Å². The molecule has 6 rings (SSSR count). The predicted octanol–water partition coefficient (Wildman–Crippen LogP) is 6.01. The maximum absolute atomic E-state index is 14.1. The third-order valence-electron chi connectivity index (χ3n) is 9.42. The van der Waals surface area contributed by atoms with Gasteiger partial charge in [-0.25, -0.2) is 4.90 Å². The van der Waals surface area contributed by atoms with Crippen molar-refractivity contribution in [1.29, 1.82) is 0 Å². The van der Waals surface area contributed by atoms with Crippen molar-refractivity contribution in [3.63, 3.8) is 0 Å². The number of anilines is 1. The van der Waals surface area contributed by atoms with Crippen molar-refractivity contribution in [2.24, 2.45) is 17.8 Å². The number of benzene rings is 2. The molecule has 0 radical (unpaired) electrons. The minimum Gasteiger partial charge on any atom is -0.491 e. The number of allylic oxidation sites excluding steroid dienone is 2. The Hall–Kier alpha value is -3.14. The van der Waals surface area contributed by atoms with Gasteiger partial charge in [-0.1, -0.05) is 45.8 Å². The number of fused-ring (bicyclic) bond motifs is 4. The number of amides is 4. The van der Waals surface area contributed by atoms with E-state index in [1.165, 1.54) is 6.07 Å². The first-order chi connectivity index (χ1) is 22.4. The van der Waals surface area contributed by atoms with E-state index in [9.17, 15) is 50.6 Å². The molecule has 256 valence electrons.